The molecule has 0 unspecified atom stereocenters. The molecule has 6 nitrogen and oxygen atoms in total. The number of aromatic nitrogens is 4. The van der Waals surface area contributed by atoms with Gasteiger partial charge in [-0.05, 0) is 26.0 Å². The topological polar surface area (TPSA) is 80.9 Å². The molecule has 2 aromatic heterocycles. The summed E-state index contributed by atoms with van der Waals surface area (Å²) in [6, 6.07) is 3.63. The highest BCUT2D eigenvalue weighted by atomic mass is 16.4. The Balaban J connectivity index is 2.38. The number of rotatable bonds is 3. The monoisotopic (exact) mass is 232 g/mol. The second-order valence-corrected chi connectivity index (χ2v) is 4.15. The molecule has 0 aliphatic carbocycles. The van der Waals surface area contributed by atoms with Crippen LogP contribution in [0.1, 0.15) is 13.8 Å². The minimum absolute atomic E-state index is 0.604. The molecule has 0 aliphatic rings. The summed E-state index contributed by atoms with van der Waals surface area (Å²) in [7, 11) is 0. The second-order valence-electron chi connectivity index (χ2n) is 4.15. The number of hydrogen-bond acceptors (Lipinski definition) is 4. The fourth-order valence-electron chi connectivity index (χ4n) is 1.28. The number of pyridine rings is 1. The molecule has 2 rings (SSSR count). The van der Waals surface area contributed by atoms with Gasteiger partial charge in [0.05, 0.1) is 6.20 Å². The molecule has 0 radical (unpaired) electrons. The van der Waals surface area contributed by atoms with E-state index in [1.165, 1.54) is 4.68 Å². The van der Waals surface area contributed by atoms with Crippen LogP contribution in [0.15, 0.2) is 30.7 Å². The van der Waals surface area contributed by atoms with Crippen LogP contribution in [-0.4, -0.2) is 31.1 Å². The lowest BCUT2D eigenvalue weighted by molar-refractivity contribution is -0.146. The molecule has 0 spiro atoms. The van der Waals surface area contributed by atoms with Crippen LogP contribution in [0.4, 0.5) is 0 Å². The van der Waals surface area contributed by atoms with Crippen LogP contribution in [0.2, 0.25) is 0 Å². The molecule has 0 atom stereocenters. The van der Waals surface area contributed by atoms with E-state index in [9.17, 15) is 4.79 Å². The lowest BCUT2D eigenvalue weighted by atomic mass is 10.1. The number of carboxylic acid groups (broad SMARTS) is 1. The number of aliphatic carboxylic acids is 1. The minimum atomic E-state index is -1.12. The van der Waals surface area contributed by atoms with Gasteiger partial charge in [0.2, 0.25) is 0 Å². The van der Waals surface area contributed by atoms with E-state index in [2.05, 4.69) is 15.3 Å². The molecule has 1 N–H and O–H groups in total. The summed E-state index contributed by atoms with van der Waals surface area (Å²) < 4.78 is 1.33. The lowest BCUT2D eigenvalue weighted by Crippen LogP contribution is -2.36. The van der Waals surface area contributed by atoms with Gasteiger partial charge in [0.25, 0.3) is 0 Å². The molecular weight excluding hydrogens is 220 g/mol. The molecule has 0 aliphatic heterocycles. The van der Waals surface area contributed by atoms with Gasteiger partial charge in [0.15, 0.2) is 5.54 Å². The molecule has 0 amide bonds. The maximum absolute atomic E-state index is 11.1. The first-order valence-electron chi connectivity index (χ1n) is 5.08. The standard InChI is InChI=1S/C11H12N4O2/c1-11(2,10(16)17)15-7-9(13-14-15)8-4-3-5-12-6-8/h3-7H,1-2H3,(H,16,17). The zero-order valence-corrected chi connectivity index (χ0v) is 9.53. The van der Waals surface area contributed by atoms with Gasteiger partial charge in [-0.15, -0.1) is 5.10 Å². The predicted molar refractivity (Wildman–Crippen MR) is 60.2 cm³/mol. The maximum Gasteiger partial charge on any atom is 0.331 e. The Morgan fingerprint density at radius 1 is 1.47 bits per heavy atom. The Morgan fingerprint density at radius 3 is 2.82 bits per heavy atom. The zero-order valence-electron chi connectivity index (χ0n) is 9.53. The van der Waals surface area contributed by atoms with Crippen LogP contribution in [0.3, 0.4) is 0 Å². The van der Waals surface area contributed by atoms with Crippen molar-refractivity contribution in [1.82, 2.24) is 20.0 Å². The molecule has 0 saturated carbocycles. The molecule has 2 aromatic rings. The first-order chi connectivity index (χ1) is 8.01. The van der Waals surface area contributed by atoms with Crippen molar-refractivity contribution in [2.45, 2.75) is 19.4 Å². The number of hydrogen-bond donors (Lipinski definition) is 1. The summed E-state index contributed by atoms with van der Waals surface area (Å²) >= 11 is 0. The Bertz CT molecular complexity index is 533. The van der Waals surface area contributed by atoms with Gasteiger partial charge in [-0.2, -0.15) is 0 Å². The lowest BCUT2D eigenvalue weighted by Gasteiger charge is -2.18. The van der Waals surface area contributed by atoms with Gasteiger partial charge in [-0.3, -0.25) is 4.98 Å². The number of carboxylic acids is 1. The van der Waals surface area contributed by atoms with E-state index in [-0.39, 0.29) is 0 Å². The Hall–Kier alpha value is -2.24. The number of carbonyl (C=O) groups is 1. The third-order valence-electron chi connectivity index (χ3n) is 2.55. The van der Waals surface area contributed by atoms with Crippen molar-refractivity contribution in [3.63, 3.8) is 0 Å². The van der Waals surface area contributed by atoms with Crippen LogP contribution in [0.25, 0.3) is 11.3 Å². The summed E-state index contributed by atoms with van der Waals surface area (Å²) in [6.07, 6.45) is 4.92. The van der Waals surface area contributed by atoms with Crippen molar-refractivity contribution in [3.05, 3.63) is 30.7 Å². The summed E-state index contributed by atoms with van der Waals surface area (Å²) in [5.74, 6) is -0.958. The second kappa shape index (κ2) is 3.97. The van der Waals surface area contributed by atoms with Gasteiger partial charge < -0.3 is 5.11 Å². The van der Waals surface area contributed by atoms with E-state index < -0.39 is 11.5 Å². The summed E-state index contributed by atoms with van der Waals surface area (Å²) in [4.78, 5) is 15.0. The Kier molecular flexibility index (Phi) is 2.63. The highest BCUT2D eigenvalue weighted by molar-refractivity contribution is 5.75. The highest BCUT2D eigenvalue weighted by Crippen LogP contribution is 2.19. The van der Waals surface area contributed by atoms with Gasteiger partial charge >= 0.3 is 5.97 Å². The van der Waals surface area contributed by atoms with E-state index in [4.69, 9.17) is 5.11 Å². The normalized spacial score (nSPS) is 11.4. The van der Waals surface area contributed by atoms with Gasteiger partial charge in [-0.1, -0.05) is 5.21 Å². The summed E-state index contributed by atoms with van der Waals surface area (Å²) in [5, 5.41) is 16.9. The van der Waals surface area contributed by atoms with Crippen molar-refractivity contribution in [3.8, 4) is 11.3 Å². The zero-order chi connectivity index (χ0) is 12.5. The third kappa shape index (κ3) is 2.01. The van der Waals surface area contributed by atoms with Crippen LogP contribution in [0, 0.1) is 0 Å². The first kappa shape index (κ1) is 11.3. The molecule has 0 bridgehead atoms. The van der Waals surface area contributed by atoms with E-state index in [1.807, 2.05) is 6.07 Å². The molecule has 6 heteroatoms. The average Bonchev–Trinajstić information content (AvgIpc) is 2.80. The fourth-order valence-corrected chi connectivity index (χ4v) is 1.28. The van der Waals surface area contributed by atoms with E-state index in [0.29, 0.717) is 5.69 Å². The van der Waals surface area contributed by atoms with Gasteiger partial charge in [0.1, 0.15) is 5.69 Å². The molecule has 0 fully saturated rings. The molecule has 0 saturated heterocycles. The third-order valence-corrected chi connectivity index (χ3v) is 2.55. The van der Waals surface area contributed by atoms with E-state index >= 15 is 0 Å². The van der Waals surface area contributed by atoms with E-state index in [1.54, 1.807) is 38.5 Å². The SMILES string of the molecule is CC(C)(C(=O)O)n1cc(-c2cccnc2)nn1. The maximum atomic E-state index is 11.1. The van der Waals surface area contributed by atoms with Crippen LogP contribution >= 0.6 is 0 Å². The summed E-state index contributed by atoms with van der Waals surface area (Å²) in [5.41, 5.74) is 0.292. The quantitative estimate of drug-likeness (QED) is 0.858. The molecule has 17 heavy (non-hydrogen) atoms. The molecule has 88 valence electrons. The number of nitrogens with zero attached hydrogens (tertiary/aromatic N) is 4. The molecule has 0 aromatic carbocycles. The highest BCUT2D eigenvalue weighted by Gasteiger charge is 2.30. The Labute approximate surface area is 97.9 Å². The van der Waals surface area contributed by atoms with Crippen molar-refractivity contribution >= 4 is 5.97 Å². The average molecular weight is 232 g/mol. The first-order valence-corrected chi connectivity index (χ1v) is 5.08. The van der Waals surface area contributed by atoms with Gasteiger partial charge in [-0.25, -0.2) is 9.48 Å². The van der Waals surface area contributed by atoms with Crippen LogP contribution in [-0.2, 0) is 10.3 Å². The van der Waals surface area contributed by atoms with Crippen LogP contribution < -0.4 is 0 Å². The van der Waals surface area contributed by atoms with E-state index in [0.717, 1.165) is 5.56 Å². The fraction of sp³-hybridized carbons (Fsp3) is 0.273. The molecule has 2 heterocycles. The van der Waals surface area contributed by atoms with Crippen molar-refractivity contribution in [2.24, 2.45) is 0 Å². The van der Waals surface area contributed by atoms with Crippen molar-refractivity contribution in [2.75, 3.05) is 0 Å². The van der Waals surface area contributed by atoms with Crippen molar-refractivity contribution in [1.29, 1.82) is 0 Å². The smallest absolute Gasteiger partial charge is 0.331 e. The summed E-state index contributed by atoms with van der Waals surface area (Å²) in [6.45, 7) is 3.13. The largest absolute Gasteiger partial charge is 0.479 e. The molecular formula is C11H12N4O2. The minimum Gasteiger partial charge on any atom is -0.479 e. The predicted octanol–water partition coefficient (Wildman–Crippen LogP) is 1.16. The Morgan fingerprint density at radius 2 is 2.24 bits per heavy atom. The van der Waals surface area contributed by atoms with Crippen LogP contribution in [0.5, 0.6) is 0 Å². The van der Waals surface area contributed by atoms with Crippen molar-refractivity contribution < 1.29 is 9.90 Å². The van der Waals surface area contributed by atoms with Gasteiger partial charge in [0, 0.05) is 18.0 Å².